The van der Waals surface area contributed by atoms with Crippen LogP contribution in [0.3, 0.4) is 0 Å². The average Bonchev–Trinajstić information content (AvgIpc) is 2.86. The number of unbranched alkanes of at least 4 members (excludes halogenated alkanes) is 1. The fourth-order valence-electron chi connectivity index (χ4n) is 1.77. The number of amides is 2. The van der Waals surface area contributed by atoms with Crippen LogP contribution in [0.15, 0.2) is 0 Å². The van der Waals surface area contributed by atoms with E-state index in [1.165, 1.54) is 0 Å². The Bertz CT molecular complexity index is 257. The van der Waals surface area contributed by atoms with Crippen molar-refractivity contribution in [3.63, 3.8) is 0 Å². The molecule has 2 aliphatic heterocycles. The Balaban J connectivity index is 0.000000172. The summed E-state index contributed by atoms with van der Waals surface area (Å²) >= 11 is 1.89. The van der Waals surface area contributed by atoms with Crippen LogP contribution in [-0.2, 0) is 4.79 Å². The summed E-state index contributed by atoms with van der Waals surface area (Å²) in [6.07, 6.45) is 3.69. The Labute approximate surface area is 107 Å². The van der Waals surface area contributed by atoms with Crippen LogP contribution >= 0.6 is 11.8 Å². The maximum atomic E-state index is 10.6. The van der Waals surface area contributed by atoms with Crippen LogP contribution in [0.5, 0.6) is 0 Å². The van der Waals surface area contributed by atoms with Crippen molar-refractivity contribution >= 4 is 23.6 Å². The third-order valence-corrected chi connectivity index (χ3v) is 4.11. The lowest BCUT2D eigenvalue weighted by atomic mass is 10.1. The summed E-state index contributed by atoms with van der Waals surface area (Å²) < 4.78 is 0. The van der Waals surface area contributed by atoms with Crippen molar-refractivity contribution in [2.75, 3.05) is 11.5 Å². The molecule has 17 heavy (non-hydrogen) atoms. The van der Waals surface area contributed by atoms with Gasteiger partial charge in [-0.05, 0) is 6.42 Å². The topological polar surface area (TPSA) is 58.2 Å². The Morgan fingerprint density at radius 1 is 1.29 bits per heavy atom. The van der Waals surface area contributed by atoms with Crippen molar-refractivity contribution in [3.8, 4) is 0 Å². The van der Waals surface area contributed by atoms with Gasteiger partial charge in [0, 0.05) is 24.3 Å². The zero-order valence-electron chi connectivity index (χ0n) is 10.6. The third-order valence-electron chi connectivity index (χ3n) is 2.92. The molecule has 0 bridgehead atoms. The maximum absolute atomic E-state index is 10.6. The van der Waals surface area contributed by atoms with Gasteiger partial charge in [0.1, 0.15) is 5.78 Å². The van der Waals surface area contributed by atoms with Crippen LogP contribution in [0.1, 0.15) is 39.5 Å². The predicted octanol–water partition coefficient (Wildman–Crippen LogP) is 1.94. The summed E-state index contributed by atoms with van der Waals surface area (Å²) in [5, 5.41) is 5.69. The highest BCUT2D eigenvalue weighted by Gasteiger charge is 2.35. The minimum absolute atomic E-state index is 0.00491. The number of hydrogen-bond donors (Lipinski definition) is 2. The van der Waals surface area contributed by atoms with E-state index in [4.69, 9.17) is 0 Å². The Morgan fingerprint density at radius 2 is 1.88 bits per heavy atom. The molecular weight excluding hydrogens is 236 g/mol. The van der Waals surface area contributed by atoms with E-state index in [2.05, 4.69) is 17.6 Å². The number of Topliss-reactive ketones (excluding diaryl/α,β-unsaturated/α-hetero) is 1. The smallest absolute Gasteiger partial charge is 0.315 e. The zero-order valence-corrected chi connectivity index (χ0v) is 11.4. The van der Waals surface area contributed by atoms with Gasteiger partial charge in [0.2, 0.25) is 0 Å². The molecule has 0 aromatic carbocycles. The van der Waals surface area contributed by atoms with Gasteiger partial charge in [0.05, 0.1) is 12.1 Å². The van der Waals surface area contributed by atoms with Gasteiger partial charge in [-0.3, -0.25) is 4.79 Å². The standard InChI is InChI=1S/C7H14O.C5H8N2OS/c1-3-5-6-7(8)4-2;8-5-6-3-1-9-2-4(3)7-5/h3-6H2,1-2H3;3-4H,1-2H2,(H2,6,7,8). The molecule has 2 fully saturated rings. The predicted molar refractivity (Wildman–Crippen MR) is 71.4 cm³/mol. The number of hydrogen-bond acceptors (Lipinski definition) is 3. The molecule has 0 radical (unpaired) electrons. The molecule has 0 saturated carbocycles. The highest BCUT2D eigenvalue weighted by molar-refractivity contribution is 7.99. The van der Waals surface area contributed by atoms with E-state index in [-0.39, 0.29) is 6.03 Å². The van der Waals surface area contributed by atoms with Crippen LogP contribution in [0.4, 0.5) is 4.79 Å². The molecule has 98 valence electrons. The van der Waals surface area contributed by atoms with Gasteiger partial charge in [-0.15, -0.1) is 0 Å². The van der Waals surface area contributed by atoms with Crippen molar-refractivity contribution < 1.29 is 9.59 Å². The Kier molecular flexibility index (Phi) is 6.40. The van der Waals surface area contributed by atoms with Crippen LogP contribution < -0.4 is 10.6 Å². The van der Waals surface area contributed by atoms with E-state index in [1.54, 1.807) is 0 Å². The molecule has 2 saturated heterocycles. The Hall–Kier alpha value is -0.710. The number of carbonyl (C=O) groups excluding carboxylic acids is 2. The molecule has 0 aromatic heterocycles. The minimum atomic E-state index is 0.00491. The van der Waals surface area contributed by atoms with Crippen molar-refractivity contribution in [1.29, 1.82) is 0 Å². The summed E-state index contributed by atoms with van der Waals surface area (Å²) in [4.78, 5) is 21.2. The number of carbonyl (C=O) groups is 2. The quantitative estimate of drug-likeness (QED) is 0.758. The van der Waals surface area contributed by atoms with Crippen LogP contribution in [0.25, 0.3) is 0 Å². The molecule has 0 aliphatic carbocycles. The van der Waals surface area contributed by atoms with E-state index in [0.29, 0.717) is 24.3 Å². The fraction of sp³-hybridized carbons (Fsp3) is 0.833. The van der Waals surface area contributed by atoms with E-state index < -0.39 is 0 Å². The summed E-state index contributed by atoms with van der Waals surface area (Å²) in [7, 11) is 0. The fourth-order valence-corrected chi connectivity index (χ4v) is 3.04. The normalized spacial score (nSPS) is 25.4. The molecule has 2 heterocycles. The first kappa shape index (κ1) is 14.4. The van der Waals surface area contributed by atoms with Crippen LogP contribution in [-0.4, -0.2) is 35.4 Å². The van der Waals surface area contributed by atoms with Gasteiger partial charge in [0.25, 0.3) is 0 Å². The van der Waals surface area contributed by atoms with E-state index in [1.807, 2.05) is 18.7 Å². The maximum Gasteiger partial charge on any atom is 0.315 e. The van der Waals surface area contributed by atoms with E-state index in [0.717, 1.165) is 30.8 Å². The first-order valence-corrected chi connectivity index (χ1v) is 7.49. The summed E-state index contributed by atoms with van der Waals surface area (Å²) in [6, 6.07) is 0.815. The van der Waals surface area contributed by atoms with Crippen LogP contribution in [0, 0.1) is 0 Å². The number of urea groups is 1. The van der Waals surface area contributed by atoms with Gasteiger partial charge < -0.3 is 10.6 Å². The van der Waals surface area contributed by atoms with Gasteiger partial charge in [0.15, 0.2) is 0 Å². The van der Waals surface area contributed by atoms with Crippen molar-refractivity contribution in [1.82, 2.24) is 10.6 Å². The van der Waals surface area contributed by atoms with E-state index >= 15 is 0 Å². The Morgan fingerprint density at radius 3 is 2.35 bits per heavy atom. The van der Waals surface area contributed by atoms with Crippen molar-refractivity contribution in [3.05, 3.63) is 0 Å². The number of thioether (sulfide) groups is 1. The van der Waals surface area contributed by atoms with E-state index in [9.17, 15) is 9.59 Å². The van der Waals surface area contributed by atoms with Crippen molar-refractivity contribution in [2.45, 2.75) is 51.6 Å². The molecular formula is C12H22N2O2S. The molecule has 0 spiro atoms. The highest BCUT2D eigenvalue weighted by atomic mass is 32.2. The molecule has 2 atom stereocenters. The number of rotatable bonds is 4. The molecule has 2 rings (SSSR count). The monoisotopic (exact) mass is 258 g/mol. The number of ketones is 1. The lowest BCUT2D eigenvalue weighted by Crippen LogP contribution is -2.31. The second-order valence-electron chi connectivity index (χ2n) is 4.36. The van der Waals surface area contributed by atoms with Crippen molar-refractivity contribution in [2.24, 2.45) is 0 Å². The van der Waals surface area contributed by atoms with Crippen LogP contribution in [0.2, 0.25) is 0 Å². The summed E-state index contributed by atoms with van der Waals surface area (Å²) in [5.74, 6) is 2.54. The van der Waals surface area contributed by atoms with Gasteiger partial charge in [-0.2, -0.15) is 11.8 Å². The van der Waals surface area contributed by atoms with Gasteiger partial charge >= 0.3 is 6.03 Å². The summed E-state index contributed by atoms with van der Waals surface area (Å²) in [6.45, 7) is 4.01. The molecule has 0 aromatic rings. The molecule has 2 unspecified atom stereocenters. The number of fused-ring (bicyclic) bond motifs is 1. The first-order valence-electron chi connectivity index (χ1n) is 6.33. The largest absolute Gasteiger partial charge is 0.332 e. The molecule has 5 heteroatoms. The average molecular weight is 258 g/mol. The second kappa shape index (κ2) is 7.58. The highest BCUT2D eigenvalue weighted by Crippen LogP contribution is 2.20. The second-order valence-corrected chi connectivity index (χ2v) is 5.44. The minimum Gasteiger partial charge on any atom is -0.332 e. The molecule has 2 amide bonds. The SMILES string of the molecule is CCCCC(=O)CC.O=C1NC2CSCC2N1. The summed E-state index contributed by atoms with van der Waals surface area (Å²) in [5.41, 5.74) is 0. The molecule has 2 N–H and O–H groups in total. The molecule has 4 nitrogen and oxygen atoms in total. The van der Waals surface area contributed by atoms with Gasteiger partial charge in [-0.25, -0.2) is 4.79 Å². The number of nitrogens with one attached hydrogen (secondary N) is 2. The lowest BCUT2D eigenvalue weighted by Gasteiger charge is -2.02. The first-order chi connectivity index (χ1) is 8.17. The lowest BCUT2D eigenvalue weighted by molar-refractivity contribution is -0.118. The van der Waals surface area contributed by atoms with Gasteiger partial charge in [-0.1, -0.05) is 20.3 Å². The molecule has 2 aliphatic rings. The zero-order chi connectivity index (χ0) is 12.7. The third kappa shape index (κ3) is 4.98.